The van der Waals surface area contributed by atoms with Gasteiger partial charge in [0.25, 0.3) is 0 Å². The van der Waals surface area contributed by atoms with Crippen LogP contribution in [-0.4, -0.2) is 38.2 Å². The molecule has 0 saturated heterocycles. The van der Waals surface area contributed by atoms with Crippen molar-refractivity contribution in [1.82, 2.24) is 0 Å². The Hall–Kier alpha value is -1.11. The van der Waals surface area contributed by atoms with Crippen molar-refractivity contribution in [3.8, 4) is 12.8 Å². The van der Waals surface area contributed by atoms with Crippen LogP contribution >= 0.6 is 0 Å². The minimum atomic E-state index is 0.0347. The number of ether oxygens (including phenoxy) is 1. The Morgan fingerprint density at radius 2 is 2.13 bits per heavy atom. The molecule has 0 aromatic heterocycles. The van der Waals surface area contributed by atoms with Crippen LogP contribution in [-0.2, 0) is 4.74 Å². The number of aliphatic imine (C=N–C) groups is 1. The van der Waals surface area contributed by atoms with Gasteiger partial charge >= 0.3 is 0 Å². The summed E-state index contributed by atoms with van der Waals surface area (Å²) in [6.07, 6.45) is 12.3. The molecule has 1 aliphatic carbocycles. The van der Waals surface area contributed by atoms with Crippen LogP contribution in [0.2, 0.25) is 0 Å². The van der Waals surface area contributed by atoms with E-state index in [0.717, 1.165) is 0 Å². The molecule has 1 saturated carbocycles. The lowest BCUT2D eigenvalue weighted by Crippen LogP contribution is -2.09. The second-order valence-corrected chi connectivity index (χ2v) is 3.04. The number of hydrogen-bond donors (Lipinski definition) is 1. The third-order valence-corrected chi connectivity index (χ3v) is 1.83. The summed E-state index contributed by atoms with van der Waals surface area (Å²) >= 11 is 0. The molecule has 3 nitrogen and oxygen atoms in total. The first-order chi connectivity index (χ1) is 7.28. The molecule has 86 valence electrons. The summed E-state index contributed by atoms with van der Waals surface area (Å²) in [6, 6.07) is 0. The van der Waals surface area contributed by atoms with E-state index in [1.165, 1.54) is 12.8 Å². The van der Waals surface area contributed by atoms with Gasteiger partial charge < -0.3 is 9.84 Å². The van der Waals surface area contributed by atoms with E-state index in [9.17, 15) is 0 Å². The van der Waals surface area contributed by atoms with E-state index in [1.54, 1.807) is 13.2 Å². The molecule has 0 aliphatic heterocycles. The molecule has 0 aromatic carbocycles. The van der Waals surface area contributed by atoms with E-state index in [-0.39, 0.29) is 6.10 Å². The molecule has 0 radical (unpaired) electrons. The molecule has 1 aliphatic rings. The van der Waals surface area contributed by atoms with E-state index in [1.807, 2.05) is 0 Å². The van der Waals surface area contributed by atoms with E-state index in [2.05, 4.69) is 31.1 Å². The summed E-state index contributed by atoms with van der Waals surface area (Å²) in [5.41, 5.74) is 0. The number of aliphatic hydroxyl groups is 1. The van der Waals surface area contributed by atoms with Gasteiger partial charge in [-0.2, -0.15) is 0 Å². The third-order valence-electron chi connectivity index (χ3n) is 1.83. The van der Waals surface area contributed by atoms with Crippen LogP contribution in [0, 0.1) is 18.8 Å². The molecule has 15 heavy (non-hydrogen) atoms. The summed E-state index contributed by atoms with van der Waals surface area (Å²) in [7, 11) is 1.62. The fraction of sp³-hybridized carbons (Fsp3) is 0.583. The maximum absolute atomic E-state index is 8.21. The normalized spacial score (nSPS) is 14.7. The highest BCUT2D eigenvalue weighted by Gasteiger charge is 2.18. The van der Waals surface area contributed by atoms with Crippen molar-refractivity contribution >= 4 is 6.72 Å². The van der Waals surface area contributed by atoms with Gasteiger partial charge in [-0.25, -0.2) is 0 Å². The molecule has 1 N–H and O–H groups in total. The molecule has 0 aromatic rings. The van der Waals surface area contributed by atoms with Crippen molar-refractivity contribution in [2.45, 2.75) is 18.9 Å². The monoisotopic (exact) mass is 211 g/mol. The van der Waals surface area contributed by atoms with Crippen LogP contribution < -0.4 is 0 Å². The van der Waals surface area contributed by atoms with E-state index in [4.69, 9.17) is 9.84 Å². The van der Waals surface area contributed by atoms with Gasteiger partial charge in [-0.05, 0) is 25.5 Å². The highest BCUT2D eigenvalue weighted by Crippen LogP contribution is 2.27. The highest BCUT2D eigenvalue weighted by molar-refractivity contribution is 5.23. The summed E-state index contributed by atoms with van der Waals surface area (Å²) in [5, 5.41) is 8.21. The van der Waals surface area contributed by atoms with Crippen molar-refractivity contribution in [3.05, 3.63) is 12.7 Å². The van der Waals surface area contributed by atoms with Crippen LogP contribution in [0.4, 0.5) is 0 Å². The lowest BCUT2D eigenvalue weighted by molar-refractivity contribution is 0.148. The van der Waals surface area contributed by atoms with Crippen molar-refractivity contribution in [1.29, 1.82) is 0 Å². The summed E-state index contributed by atoms with van der Waals surface area (Å²) in [4.78, 5) is 3.63. The predicted molar refractivity (Wildman–Crippen MR) is 65.1 cm³/mol. The molecule has 0 amide bonds. The molecule has 0 spiro atoms. The van der Waals surface area contributed by atoms with Gasteiger partial charge in [0.1, 0.15) is 0 Å². The standard InChI is InChI=1S/C6H11NO.C4H8O.C2H2/c1-4-6(8-3)5-7-2;5-3-4-1-2-4;1-2/h4,6H,1-2,5H2,3H3;4-5H,1-3H2;1-2H. The lowest BCUT2D eigenvalue weighted by atomic mass is 10.3. The van der Waals surface area contributed by atoms with Gasteiger partial charge in [-0.15, -0.1) is 19.4 Å². The van der Waals surface area contributed by atoms with Gasteiger partial charge in [0.05, 0.1) is 12.6 Å². The fourth-order valence-electron chi connectivity index (χ4n) is 0.673. The average Bonchev–Trinajstić information content (AvgIpc) is 3.13. The smallest absolute Gasteiger partial charge is 0.0944 e. The van der Waals surface area contributed by atoms with E-state index in [0.29, 0.717) is 19.1 Å². The number of hydrogen-bond acceptors (Lipinski definition) is 3. The zero-order chi connectivity index (χ0) is 12.1. The Bertz CT molecular complexity index is 174. The van der Waals surface area contributed by atoms with Gasteiger partial charge in [-0.1, -0.05) is 6.08 Å². The zero-order valence-corrected chi connectivity index (χ0v) is 9.43. The van der Waals surface area contributed by atoms with E-state index >= 15 is 0 Å². The predicted octanol–water partition coefficient (Wildman–Crippen LogP) is 1.53. The van der Waals surface area contributed by atoms with Crippen LogP contribution in [0.15, 0.2) is 17.6 Å². The number of methoxy groups -OCH3 is 1. The summed E-state index contributed by atoms with van der Waals surface area (Å²) < 4.78 is 4.89. The third kappa shape index (κ3) is 12.9. The quantitative estimate of drug-likeness (QED) is 0.425. The Balaban J connectivity index is 0. The van der Waals surface area contributed by atoms with Crippen LogP contribution in [0.1, 0.15) is 12.8 Å². The Kier molecular flexibility index (Phi) is 14.0. The molecule has 0 bridgehead atoms. The molecule has 3 heteroatoms. The molecular weight excluding hydrogens is 190 g/mol. The van der Waals surface area contributed by atoms with Gasteiger partial charge in [-0.3, -0.25) is 4.99 Å². The Labute approximate surface area is 92.9 Å². The second-order valence-electron chi connectivity index (χ2n) is 3.04. The van der Waals surface area contributed by atoms with Gasteiger partial charge in [0, 0.05) is 13.7 Å². The minimum absolute atomic E-state index is 0.0347. The fourth-order valence-corrected chi connectivity index (χ4v) is 0.673. The Morgan fingerprint density at radius 1 is 1.60 bits per heavy atom. The number of terminal acetylenes is 1. The van der Waals surface area contributed by atoms with Crippen molar-refractivity contribution in [2.24, 2.45) is 10.9 Å². The number of nitrogens with zero attached hydrogens (tertiary/aromatic N) is 1. The van der Waals surface area contributed by atoms with Crippen molar-refractivity contribution in [3.63, 3.8) is 0 Å². The lowest BCUT2D eigenvalue weighted by Gasteiger charge is -2.03. The van der Waals surface area contributed by atoms with E-state index < -0.39 is 0 Å². The average molecular weight is 211 g/mol. The Morgan fingerprint density at radius 3 is 2.20 bits per heavy atom. The highest BCUT2D eigenvalue weighted by atomic mass is 16.5. The maximum Gasteiger partial charge on any atom is 0.0944 e. The second kappa shape index (κ2) is 12.9. The molecule has 1 unspecified atom stereocenters. The molecular formula is C12H21NO2. The summed E-state index contributed by atoms with van der Waals surface area (Å²) in [6.45, 7) is 7.87. The maximum atomic E-state index is 8.21. The van der Waals surface area contributed by atoms with Gasteiger partial charge in [0.15, 0.2) is 0 Å². The molecule has 1 atom stereocenters. The molecule has 1 rings (SSSR count). The summed E-state index contributed by atoms with van der Waals surface area (Å²) in [5.74, 6) is 0.690. The van der Waals surface area contributed by atoms with Crippen molar-refractivity contribution < 1.29 is 9.84 Å². The number of aliphatic hydroxyl groups excluding tert-OH is 1. The molecule has 1 fully saturated rings. The topological polar surface area (TPSA) is 41.8 Å². The van der Waals surface area contributed by atoms with Crippen LogP contribution in [0.3, 0.4) is 0 Å². The zero-order valence-electron chi connectivity index (χ0n) is 9.43. The molecule has 0 heterocycles. The van der Waals surface area contributed by atoms with Crippen LogP contribution in [0.5, 0.6) is 0 Å². The van der Waals surface area contributed by atoms with Crippen molar-refractivity contribution in [2.75, 3.05) is 20.3 Å². The number of rotatable bonds is 5. The minimum Gasteiger partial charge on any atom is -0.396 e. The van der Waals surface area contributed by atoms with Gasteiger partial charge in [0.2, 0.25) is 0 Å². The van der Waals surface area contributed by atoms with Crippen LogP contribution in [0.25, 0.3) is 0 Å². The first kappa shape index (κ1) is 16.3. The SMILES string of the molecule is C#C.C=CC(CN=C)OC.OCC1CC1. The first-order valence-electron chi connectivity index (χ1n) is 4.80. The largest absolute Gasteiger partial charge is 0.396 e. The first-order valence-corrected chi connectivity index (χ1v) is 4.80.